The molecule has 2 amide bonds. The van der Waals surface area contributed by atoms with Crippen LogP contribution >= 0.6 is 0 Å². The lowest BCUT2D eigenvalue weighted by atomic mass is 10.2. The molecule has 0 aromatic heterocycles. The molecular weight excluding hydrogens is 316 g/mol. The first-order chi connectivity index (χ1) is 11.0. The molecule has 2 aromatic carbocycles. The van der Waals surface area contributed by atoms with Crippen LogP contribution in [0.15, 0.2) is 53.4 Å². The third-order valence-corrected chi connectivity index (χ3v) is 4.75. The number of nitrogens with zero attached hydrogens (tertiary/aromatic N) is 1. The molecule has 3 rings (SSSR count). The van der Waals surface area contributed by atoms with Gasteiger partial charge in [-0.3, -0.25) is 4.90 Å². The van der Waals surface area contributed by atoms with E-state index in [1.54, 1.807) is 35.2 Å². The molecule has 0 aliphatic carbocycles. The van der Waals surface area contributed by atoms with Crippen LogP contribution in [0.3, 0.4) is 0 Å². The standard InChI is InChI=1S/C16H16N2O4S/c1-12-3-2-4-14(11-12)22-23(20,21)15-7-5-13(6-8-15)18-10-9-17-16(18)19/h2-8,11H,9-10H2,1H3,(H,17,19). The maximum atomic E-state index is 12.3. The van der Waals surface area contributed by atoms with Gasteiger partial charge in [-0.25, -0.2) is 4.79 Å². The summed E-state index contributed by atoms with van der Waals surface area (Å²) in [5.41, 5.74) is 1.56. The Morgan fingerprint density at radius 1 is 1.13 bits per heavy atom. The monoisotopic (exact) mass is 332 g/mol. The third-order valence-electron chi connectivity index (χ3n) is 3.49. The molecule has 7 heteroatoms. The van der Waals surface area contributed by atoms with Crippen molar-refractivity contribution >= 4 is 21.8 Å². The van der Waals surface area contributed by atoms with Crippen LogP contribution in [0.1, 0.15) is 5.56 Å². The first-order valence-electron chi connectivity index (χ1n) is 7.12. The predicted octanol–water partition coefficient (Wildman–Crippen LogP) is 2.29. The highest BCUT2D eigenvalue weighted by Crippen LogP contribution is 2.23. The molecule has 1 saturated heterocycles. The lowest BCUT2D eigenvalue weighted by Crippen LogP contribution is -2.27. The average molecular weight is 332 g/mol. The van der Waals surface area contributed by atoms with Gasteiger partial charge in [0.25, 0.3) is 0 Å². The number of benzene rings is 2. The molecule has 0 radical (unpaired) electrons. The van der Waals surface area contributed by atoms with Crippen molar-refractivity contribution in [2.75, 3.05) is 18.0 Å². The maximum absolute atomic E-state index is 12.3. The smallest absolute Gasteiger partial charge is 0.339 e. The van der Waals surface area contributed by atoms with Gasteiger partial charge in [-0.05, 0) is 48.9 Å². The molecule has 1 aliphatic rings. The molecule has 1 aliphatic heterocycles. The van der Waals surface area contributed by atoms with Gasteiger partial charge in [0.05, 0.1) is 0 Å². The predicted molar refractivity (Wildman–Crippen MR) is 86.2 cm³/mol. The Morgan fingerprint density at radius 2 is 1.87 bits per heavy atom. The zero-order valence-corrected chi connectivity index (χ0v) is 13.3. The normalized spacial score (nSPS) is 14.7. The SMILES string of the molecule is Cc1cccc(OS(=O)(=O)c2ccc(N3CCNC3=O)cc2)c1. The van der Waals surface area contributed by atoms with Crippen molar-refractivity contribution in [3.05, 3.63) is 54.1 Å². The topological polar surface area (TPSA) is 75.7 Å². The zero-order chi connectivity index (χ0) is 16.4. The molecule has 1 fully saturated rings. The number of nitrogens with one attached hydrogen (secondary N) is 1. The van der Waals surface area contributed by atoms with Gasteiger partial charge < -0.3 is 9.50 Å². The Kier molecular flexibility index (Phi) is 3.96. The highest BCUT2D eigenvalue weighted by Gasteiger charge is 2.22. The van der Waals surface area contributed by atoms with E-state index in [1.165, 1.54) is 12.1 Å². The number of amides is 2. The summed E-state index contributed by atoms with van der Waals surface area (Å²) in [7, 11) is -3.90. The average Bonchev–Trinajstić information content (AvgIpc) is 2.93. The largest absolute Gasteiger partial charge is 0.379 e. The van der Waals surface area contributed by atoms with Gasteiger partial charge in [0.2, 0.25) is 0 Å². The van der Waals surface area contributed by atoms with E-state index in [0.717, 1.165) is 5.56 Å². The van der Waals surface area contributed by atoms with Gasteiger partial charge in [0.15, 0.2) is 0 Å². The molecule has 1 heterocycles. The summed E-state index contributed by atoms with van der Waals surface area (Å²) in [5, 5.41) is 2.69. The van der Waals surface area contributed by atoms with Crippen molar-refractivity contribution in [2.24, 2.45) is 0 Å². The summed E-state index contributed by atoms with van der Waals surface area (Å²) in [6, 6.07) is 12.7. The fourth-order valence-corrected chi connectivity index (χ4v) is 3.28. The van der Waals surface area contributed by atoms with Crippen LogP contribution in [0.5, 0.6) is 5.75 Å². The first kappa shape index (κ1) is 15.4. The molecule has 23 heavy (non-hydrogen) atoms. The number of aryl methyl sites for hydroxylation is 1. The first-order valence-corrected chi connectivity index (χ1v) is 8.53. The second-order valence-electron chi connectivity index (χ2n) is 5.23. The Labute approximate surface area is 134 Å². The quantitative estimate of drug-likeness (QED) is 0.872. The van der Waals surface area contributed by atoms with Gasteiger partial charge in [0, 0.05) is 18.8 Å². The van der Waals surface area contributed by atoms with Crippen molar-refractivity contribution in [3.8, 4) is 5.75 Å². The van der Waals surface area contributed by atoms with Crippen LogP contribution < -0.4 is 14.4 Å². The van der Waals surface area contributed by atoms with Gasteiger partial charge in [-0.15, -0.1) is 0 Å². The Hall–Kier alpha value is -2.54. The number of carbonyl (C=O) groups is 1. The highest BCUT2D eigenvalue weighted by atomic mass is 32.2. The van der Waals surface area contributed by atoms with Gasteiger partial charge in [0.1, 0.15) is 10.6 Å². The van der Waals surface area contributed by atoms with Crippen molar-refractivity contribution in [1.82, 2.24) is 5.32 Å². The van der Waals surface area contributed by atoms with E-state index in [-0.39, 0.29) is 16.7 Å². The summed E-state index contributed by atoms with van der Waals surface area (Å²) < 4.78 is 29.7. The number of hydrogen-bond acceptors (Lipinski definition) is 4. The number of rotatable bonds is 4. The van der Waals surface area contributed by atoms with E-state index in [9.17, 15) is 13.2 Å². The third kappa shape index (κ3) is 3.29. The second kappa shape index (κ2) is 5.92. The summed E-state index contributed by atoms with van der Waals surface area (Å²) in [5.74, 6) is 0.271. The molecule has 1 N–H and O–H groups in total. The number of carbonyl (C=O) groups excluding carboxylic acids is 1. The number of hydrogen-bond donors (Lipinski definition) is 1. The number of anilines is 1. The summed E-state index contributed by atoms with van der Waals surface area (Å²) in [6.07, 6.45) is 0. The minimum atomic E-state index is -3.90. The van der Waals surface area contributed by atoms with Crippen molar-refractivity contribution < 1.29 is 17.4 Å². The van der Waals surface area contributed by atoms with Gasteiger partial charge >= 0.3 is 16.1 Å². The molecule has 2 aromatic rings. The van der Waals surface area contributed by atoms with E-state index >= 15 is 0 Å². The van der Waals surface area contributed by atoms with Crippen molar-refractivity contribution in [3.63, 3.8) is 0 Å². The van der Waals surface area contributed by atoms with Crippen LogP contribution in [0.4, 0.5) is 10.5 Å². The van der Waals surface area contributed by atoms with Crippen LogP contribution in [-0.4, -0.2) is 27.5 Å². The summed E-state index contributed by atoms with van der Waals surface area (Å²) in [4.78, 5) is 13.2. The lowest BCUT2D eigenvalue weighted by molar-refractivity contribution is 0.252. The van der Waals surface area contributed by atoms with Gasteiger partial charge in [-0.2, -0.15) is 8.42 Å². The summed E-state index contributed by atoms with van der Waals surface area (Å²) >= 11 is 0. The Balaban J connectivity index is 1.81. The van der Waals surface area contributed by atoms with Crippen LogP contribution in [0.25, 0.3) is 0 Å². The number of urea groups is 1. The van der Waals surface area contributed by atoms with Crippen molar-refractivity contribution in [2.45, 2.75) is 11.8 Å². The maximum Gasteiger partial charge on any atom is 0.339 e. The van der Waals surface area contributed by atoms with Crippen molar-refractivity contribution in [1.29, 1.82) is 0 Å². The van der Waals surface area contributed by atoms with Crippen LogP contribution in [0, 0.1) is 6.92 Å². The Bertz CT molecular complexity index is 831. The van der Waals surface area contributed by atoms with E-state index < -0.39 is 10.1 Å². The zero-order valence-electron chi connectivity index (χ0n) is 12.5. The minimum Gasteiger partial charge on any atom is -0.379 e. The second-order valence-corrected chi connectivity index (χ2v) is 6.78. The Morgan fingerprint density at radius 3 is 2.48 bits per heavy atom. The highest BCUT2D eigenvalue weighted by molar-refractivity contribution is 7.87. The molecule has 0 bridgehead atoms. The van der Waals surface area contributed by atoms with E-state index in [2.05, 4.69) is 5.32 Å². The molecule has 120 valence electrons. The van der Waals surface area contributed by atoms with Crippen LogP contribution in [0.2, 0.25) is 0 Å². The van der Waals surface area contributed by atoms with E-state index in [0.29, 0.717) is 18.8 Å². The molecule has 0 saturated carbocycles. The molecular formula is C16H16N2O4S. The molecule has 6 nitrogen and oxygen atoms in total. The van der Waals surface area contributed by atoms with Gasteiger partial charge in [-0.1, -0.05) is 12.1 Å². The summed E-state index contributed by atoms with van der Waals surface area (Å²) in [6.45, 7) is 3.00. The van der Waals surface area contributed by atoms with E-state index in [4.69, 9.17) is 4.18 Å². The molecule has 0 atom stereocenters. The van der Waals surface area contributed by atoms with E-state index in [1.807, 2.05) is 13.0 Å². The van der Waals surface area contributed by atoms with Crippen LogP contribution in [-0.2, 0) is 10.1 Å². The lowest BCUT2D eigenvalue weighted by Gasteiger charge is -2.14. The fraction of sp³-hybridized carbons (Fsp3) is 0.188. The molecule has 0 spiro atoms. The fourth-order valence-electron chi connectivity index (χ4n) is 2.35. The minimum absolute atomic E-state index is 0.0439. The molecule has 0 unspecified atom stereocenters.